The Morgan fingerprint density at radius 3 is 2.63 bits per heavy atom. The van der Waals surface area contributed by atoms with Crippen molar-refractivity contribution < 1.29 is 19.1 Å². The number of hydrogen-bond acceptors (Lipinski definition) is 5. The second-order valence-electron chi connectivity index (χ2n) is 4.01. The predicted molar refractivity (Wildman–Crippen MR) is 64.1 cm³/mol. The maximum Gasteiger partial charge on any atom is 0.255 e. The lowest BCUT2D eigenvalue weighted by Crippen LogP contribution is -2.45. The molecule has 19 heavy (non-hydrogen) atoms. The third kappa shape index (κ3) is 2.72. The number of nitriles is 1. The highest BCUT2D eigenvalue weighted by atomic mass is 16.5. The fourth-order valence-electron chi connectivity index (χ4n) is 1.82. The Bertz CT molecular complexity index is 546. The summed E-state index contributed by atoms with van der Waals surface area (Å²) in [4.78, 5) is 24.3. The number of nitrogens with zero attached hydrogens (tertiary/aromatic N) is 2. The number of benzene rings is 1. The average Bonchev–Trinajstić information content (AvgIpc) is 2.42. The Hall–Kier alpha value is -2.39. The highest BCUT2D eigenvalue weighted by molar-refractivity contribution is 5.98. The quantitative estimate of drug-likeness (QED) is 0.737. The van der Waals surface area contributed by atoms with Crippen molar-refractivity contribution >= 4 is 11.8 Å². The second-order valence-corrected chi connectivity index (χ2v) is 4.01. The highest BCUT2D eigenvalue weighted by Gasteiger charge is 2.26. The van der Waals surface area contributed by atoms with E-state index in [4.69, 9.17) is 14.7 Å². The van der Waals surface area contributed by atoms with E-state index >= 15 is 0 Å². The van der Waals surface area contributed by atoms with Crippen LogP contribution in [-0.2, 0) is 20.9 Å². The maximum absolute atomic E-state index is 11.6. The van der Waals surface area contributed by atoms with E-state index in [0.717, 1.165) is 4.90 Å². The molecule has 6 heteroatoms. The standard InChI is InChI=1S/C13H12N2O4/c1-18-11-3-2-9(4-10(11)5-14)6-15-12(16)7-19-8-13(15)17/h2-4H,6-8H2,1H3. The molecule has 1 aliphatic heterocycles. The molecule has 98 valence electrons. The van der Waals surface area contributed by atoms with E-state index in [2.05, 4.69) is 0 Å². The number of imide groups is 1. The number of amides is 2. The summed E-state index contributed by atoms with van der Waals surface area (Å²) >= 11 is 0. The first-order valence-electron chi connectivity index (χ1n) is 5.63. The van der Waals surface area contributed by atoms with Gasteiger partial charge in [0.05, 0.1) is 19.2 Å². The molecule has 1 aromatic carbocycles. The van der Waals surface area contributed by atoms with Crippen molar-refractivity contribution in [2.24, 2.45) is 0 Å². The van der Waals surface area contributed by atoms with Crippen LogP contribution in [0, 0.1) is 11.3 Å². The number of methoxy groups -OCH3 is 1. The second kappa shape index (κ2) is 5.50. The third-order valence-corrected chi connectivity index (χ3v) is 2.78. The lowest BCUT2D eigenvalue weighted by Gasteiger charge is -2.25. The van der Waals surface area contributed by atoms with Gasteiger partial charge in [-0.3, -0.25) is 14.5 Å². The Morgan fingerprint density at radius 2 is 2.05 bits per heavy atom. The minimum absolute atomic E-state index is 0.0903. The number of carbonyl (C=O) groups is 2. The summed E-state index contributed by atoms with van der Waals surface area (Å²) in [5.74, 6) is -0.276. The topological polar surface area (TPSA) is 79.6 Å². The van der Waals surface area contributed by atoms with Gasteiger partial charge >= 0.3 is 0 Å². The summed E-state index contributed by atoms with van der Waals surface area (Å²) in [7, 11) is 1.48. The molecular weight excluding hydrogens is 248 g/mol. The predicted octanol–water partition coefficient (Wildman–Crippen LogP) is 0.452. The number of rotatable bonds is 3. The Kier molecular flexibility index (Phi) is 3.78. The van der Waals surface area contributed by atoms with Crippen LogP contribution in [0.15, 0.2) is 18.2 Å². The van der Waals surface area contributed by atoms with Gasteiger partial charge in [-0.25, -0.2) is 0 Å². The molecule has 2 rings (SSSR count). The van der Waals surface area contributed by atoms with Crippen molar-refractivity contribution in [1.29, 1.82) is 5.26 Å². The lowest BCUT2D eigenvalue weighted by molar-refractivity contribution is -0.159. The zero-order valence-electron chi connectivity index (χ0n) is 10.4. The Morgan fingerprint density at radius 1 is 1.37 bits per heavy atom. The van der Waals surface area contributed by atoms with Gasteiger partial charge in [-0.2, -0.15) is 5.26 Å². The number of carbonyl (C=O) groups excluding carboxylic acids is 2. The van der Waals surface area contributed by atoms with Gasteiger partial charge < -0.3 is 9.47 Å². The summed E-state index contributed by atoms with van der Waals surface area (Å²) < 4.78 is 9.86. The molecule has 1 aliphatic rings. The summed E-state index contributed by atoms with van der Waals surface area (Å²) in [6, 6.07) is 6.97. The average molecular weight is 260 g/mol. The molecule has 0 atom stereocenters. The van der Waals surface area contributed by atoms with E-state index < -0.39 is 0 Å². The fourth-order valence-corrected chi connectivity index (χ4v) is 1.82. The van der Waals surface area contributed by atoms with Gasteiger partial charge in [0.1, 0.15) is 25.0 Å². The van der Waals surface area contributed by atoms with Crippen LogP contribution in [-0.4, -0.2) is 37.0 Å². The number of ether oxygens (including phenoxy) is 2. The van der Waals surface area contributed by atoms with E-state index in [-0.39, 0.29) is 31.6 Å². The van der Waals surface area contributed by atoms with Gasteiger partial charge in [-0.05, 0) is 17.7 Å². The highest BCUT2D eigenvalue weighted by Crippen LogP contribution is 2.20. The smallest absolute Gasteiger partial charge is 0.255 e. The van der Waals surface area contributed by atoms with Crippen molar-refractivity contribution in [1.82, 2.24) is 4.90 Å². The van der Waals surface area contributed by atoms with Crippen LogP contribution in [0.2, 0.25) is 0 Å². The molecule has 0 aliphatic carbocycles. The molecule has 1 saturated heterocycles. The van der Waals surface area contributed by atoms with Gasteiger partial charge in [0.2, 0.25) is 0 Å². The van der Waals surface area contributed by atoms with E-state index in [1.54, 1.807) is 18.2 Å². The summed E-state index contributed by atoms with van der Waals surface area (Å²) in [5.41, 5.74) is 1.06. The summed E-state index contributed by atoms with van der Waals surface area (Å²) in [5, 5.41) is 8.99. The largest absolute Gasteiger partial charge is 0.495 e. The minimum atomic E-state index is -0.370. The molecule has 1 aromatic rings. The molecule has 0 N–H and O–H groups in total. The van der Waals surface area contributed by atoms with E-state index in [9.17, 15) is 9.59 Å². The zero-order valence-corrected chi connectivity index (χ0v) is 10.4. The molecule has 1 fully saturated rings. The van der Waals surface area contributed by atoms with Crippen LogP contribution in [0.4, 0.5) is 0 Å². The Balaban J connectivity index is 2.21. The van der Waals surface area contributed by atoms with Gasteiger partial charge in [-0.1, -0.05) is 6.07 Å². The van der Waals surface area contributed by atoms with E-state index in [1.165, 1.54) is 7.11 Å². The first kappa shape index (κ1) is 13.1. The van der Waals surface area contributed by atoms with Crippen molar-refractivity contribution in [2.75, 3.05) is 20.3 Å². The molecule has 1 heterocycles. The molecule has 0 bridgehead atoms. The van der Waals surface area contributed by atoms with Crippen LogP contribution < -0.4 is 4.74 Å². The first-order valence-corrected chi connectivity index (χ1v) is 5.63. The number of hydrogen-bond donors (Lipinski definition) is 0. The van der Waals surface area contributed by atoms with E-state index in [1.807, 2.05) is 6.07 Å². The SMILES string of the molecule is COc1ccc(CN2C(=O)COCC2=O)cc1C#N. The van der Waals surface area contributed by atoms with Gasteiger partial charge in [0, 0.05) is 0 Å². The van der Waals surface area contributed by atoms with Crippen molar-refractivity contribution in [3.05, 3.63) is 29.3 Å². The van der Waals surface area contributed by atoms with Crippen LogP contribution >= 0.6 is 0 Å². The number of morpholine rings is 1. The minimum Gasteiger partial charge on any atom is -0.495 e. The Labute approximate surface area is 110 Å². The van der Waals surface area contributed by atoms with Gasteiger partial charge in [0.15, 0.2) is 0 Å². The summed E-state index contributed by atoms with van der Waals surface area (Å²) in [6.07, 6.45) is 0. The monoisotopic (exact) mass is 260 g/mol. The van der Waals surface area contributed by atoms with Crippen molar-refractivity contribution in [2.45, 2.75) is 6.54 Å². The van der Waals surface area contributed by atoms with Crippen molar-refractivity contribution in [3.8, 4) is 11.8 Å². The van der Waals surface area contributed by atoms with Gasteiger partial charge in [0.25, 0.3) is 11.8 Å². The molecular formula is C13H12N2O4. The van der Waals surface area contributed by atoms with Crippen LogP contribution in [0.3, 0.4) is 0 Å². The van der Waals surface area contributed by atoms with Crippen LogP contribution in [0.5, 0.6) is 5.75 Å². The van der Waals surface area contributed by atoms with Crippen LogP contribution in [0.1, 0.15) is 11.1 Å². The third-order valence-electron chi connectivity index (χ3n) is 2.78. The molecule has 0 saturated carbocycles. The molecule has 0 spiro atoms. The molecule has 0 aromatic heterocycles. The van der Waals surface area contributed by atoms with Crippen LogP contribution in [0.25, 0.3) is 0 Å². The fraction of sp³-hybridized carbons (Fsp3) is 0.308. The van der Waals surface area contributed by atoms with Crippen molar-refractivity contribution in [3.63, 3.8) is 0 Å². The zero-order chi connectivity index (χ0) is 13.8. The molecule has 6 nitrogen and oxygen atoms in total. The normalized spacial score (nSPS) is 15.3. The maximum atomic E-state index is 11.6. The summed E-state index contributed by atoms with van der Waals surface area (Å²) in [6.45, 7) is -0.0420. The molecule has 2 amide bonds. The molecule has 0 radical (unpaired) electrons. The first-order chi connectivity index (χ1) is 9.15. The van der Waals surface area contributed by atoms with E-state index in [0.29, 0.717) is 16.9 Å². The molecule has 0 unspecified atom stereocenters. The lowest BCUT2D eigenvalue weighted by atomic mass is 10.1. The van der Waals surface area contributed by atoms with Gasteiger partial charge in [-0.15, -0.1) is 0 Å².